The van der Waals surface area contributed by atoms with Gasteiger partial charge in [0.05, 0.1) is 6.61 Å². The van der Waals surface area contributed by atoms with E-state index in [1.165, 1.54) is 56.3 Å². The molecule has 0 amide bonds. The van der Waals surface area contributed by atoms with Crippen LogP contribution in [-0.4, -0.2) is 17.7 Å². The number of fused-ring (bicyclic) bond motifs is 1. The van der Waals surface area contributed by atoms with Gasteiger partial charge in [0.15, 0.2) is 0 Å². The molecule has 0 bridgehead atoms. The number of aliphatic hydroxyl groups excluding tert-OH is 1. The van der Waals surface area contributed by atoms with Gasteiger partial charge in [-0.05, 0) is 61.8 Å². The van der Waals surface area contributed by atoms with E-state index in [0.29, 0.717) is 0 Å². The molecule has 1 saturated carbocycles. The number of hydrogen-bond acceptors (Lipinski definition) is 2. The van der Waals surface area contributed by atoms with Crippen molar-refractivity contribution in [3.8, 4) is 0 Å². The Labute approximate surface area is 116 Å². The quantitative estimate of drug-likeness (QED) is 0.876. The Hall–Kier alpha value is -1.02. The van der Waals surface area contributed by atoms with Gasteiger partial charge in [-0.15, -0.1) is 0 Å². The normalized spacial score (nSPS) is 27.2. The molecule has 0 spiro atoms. The van der Waals surface area contributed by atoms with Crippen molar-refractivity contribution in [2.24, 2.45) is 5.92 Å². The summed E-state index contributed by atoms with van der Waals surface area (Å²) in [6.07, 6.45) is 8.38. The lowest BCUT2D eigenvalue weighted by atomic mass is 9.78. The maximum atomic E-state index is 9.29. The molecule has 1 aliphatic heterocycles. The van der Waals surface area contributed by atoms with Gasteiger partial charge < -0.3 is 10.0 Å². The number of aliphatic hydroxyl groups is 1. The van der Waals surface area contributed by atoms with Crippen molar-refractivity contribution in [2.75, 3.05) is 11.4 Å². The van der Waals surface area contributed by atoms with Gasteiger partial charge in [-0.3, -0.25) is 0 Å². The van der Waals surface area contributed by atoms with Crippen LogP contribution in [0.4, 0.5) is 5.69 Å². The maximum absolute atomic E-state index is 9.29. The number of rotatable bonds is 2. The number of aryl methyl sites for hydroxylation is 1. The Morgan fingerprint density at radius 2 is 1.95 bits per heavy atom. The Morgan fingerprint density at radius 3 is 2.74 bits per heavy atom. The Bertz CT molecular complexity index is 441. The fraction of sp³-hybridized carbons (Fsp3) is 0.647. The summed E-state index contributed by atoms with van der Waals surface area (Å²) in [5.74, 6) is 0.917. The highest BCUT2D eigenvalue weighted by Crippen LogP contribution is 2.38. The summed E-state index contributed by atoms with van der Waals surface area (Å²) < 4.78 is 0. The second-order valence-electron chi connectivity index (χ2n) is 6.22. The number of anilines is 1. The molecule has 2 aliphatic rings. The van der Waals surface area contributed by atoms with E-state index >= 15 is 0 Å². The average molecular weight is 259 g/mol. The van der Waals surface area contributed by atoms with Gasteiger partial charge in [0.25, 0.3) is 0 Å². The third-order valence-corrected chi connectivity index (χ3v) is 5.07. The van der Waals surface area contributed by atoms with Gasteiger partial charge in [-0.1, -0.05) is 18.9 Å². The standard InChI is InChI=1S/C17H25NO/c1-13-11-16(9-8-15(13)12-19)18-10-4-6-14-5-2-3-7-17(14)18/h8-9,11,14,17,19H,2-7,10,12H2,1H3. The average Bonchev–Trinajstić information content (AvgIpc) is 2.46. The molecule has 2 heteroatoms. The number of benzene rings is 1. The van der Waals surface area contributed by atoms with Crippen molar-refractivity contribution in [3.05, 3.63) is 29.3 Å². The van der Waals surface area contributed by atoms with Crippen molar-refractivity contribution in [1.29, 1.82) is 0 Å². The molecule has 2 fully saturated rings. The van der Waals surface area contributed by atoms with Crippen LogP contribution >= 0.6 is 0 Å². The first-order valence-corrected chi connectivity index (χ1v) is 7.76. The number of nitrogens with zero attached hydrogens (tertiary/aromatic N) is 1. The van der Waals surface area contributed by atoms with Gasteiger partial charge in [-0.2, -0.15) is 0 Å². The number of hydrogen-bond donors (Lipinski definition) is 1. The van der Waals surface area contributed by atoms with Crippen molar-refractivity contribution >= 4 is 5.69 Å². The molecule has 19 heavy (non-hydrogen) atoms. The molecule has 1 aliphatic carbocycles. The zero-order valence-electron chi connectivity index (χ0n) is 11.9. The zero-order chi connectivity index (χ0) is 13.2. The lowest BCUT2D eigenvalue weighted by Gasteiger charge is -2.45. The van der Waals surface area contributed by atoms with E-state index in [-0.39, 0.29) is 6.61 Å². The third kappa shape index (κ3) is 2.51. The van der Waals surface area contributed by atoms with Gasteiger partial charge in [0.1, 0.15) is 0 Å². The van der Waals surface area contributed by atoms with Crippen LogP contribution in [0.25, 0.3) is 0 Å². The van der Waals surface area contributed by atoms with Gasteiger partial charge in [0.2, 0.25) is 0 Å². The molecule has 0 radical (unpaired) electrons. The van der Waals surface area contributed by atoms with Crippen LogP contribution in [0.3, 0.4) is 0 Å². The Balaban J connectivity index is 1.85. The van der Waals surface area contributed by atoms with E-state index in [1.807, 2.05) is 0 Å². The lowest BCUT2D eigenvalue weighted by Crippen LogP contribution is -2.46. The molecule has 2 unspecified atom stereocenters. The molecule has 1 N–H and O–H groups in total. The highest BCUT2D eigenvalue weighted by atomic mass is 16.3. The maximum Gasteiger partial charge on any atom is 0.0684 e. The van der Waals surface area contributed by atoms with Crippen molar-refractivity contribution in [1.82, 2.24) is 0 Å². The molecule has 1 heterocycles. The van der Waals surface area contributed by atoms with Crippen LogP contribution < -0.4 is 4.90 Å². The minimum atomic E-state index is 0.151. The van der Waals surface area contributed by atoms with Crippen LogP contribution in [0, 0.1) is 12.8 Å². The molecular weight excluding hydrogens is 234 g/mol. The third-order valence-electron chi connectivity index (χ3n) is 5.07. The molecule has 3 rings (SSSR count). The van der Waals surface area contributed by atoms with Crippen molar-refractivity contribution in [2.45, 2.75) is 58.1 Å². The van der Waals surface area contributed by atoms with Gasteiger partial charge >= 0.3 is 0 Å². The van der Waals surface area contributed by atoms with E-state index in [9.17, 15) is 5.11 Å². The predicted octanol–water partition coefficient (Wildman–Crippen LogP) is 3.65. The second-order valence-corrected chi connectivity index (χ2v) is 6.22. The molecule has 1 saturated heterocycles. The summed E-state index contributed by atoms with van der Waals surface area (Å²) in [5.41, 5.74) is 3.64. The Kier molecular flexibility index (Phi) is 3.79. The van der Waals surface area contributed by atoms with Crippen LogP contribution in [0.2, 0.25) is 0 Å². The highest BCUT2D eigenvalue weighted by molar-refractivity contribution is 5.52. The summed E-state index contributed by atoms with van der Waals surface area (Å²) in [5, 5.41) is 9.29. The molecule has 2 atom stereocenters. The SMILES string of the molecule is Cc1cc(N2CCCC3CCCCC32)ccc1CO. The predicted molar refractivity (Wildman–Crippen MR) is 79.4 cm³/mol. The minimum absolute atomic E-state index is 0.151. The van der Waals surface area contributed by atoms with Gasteiger partial charge in [-0.25, -0.2) is 0 Å². The Morgan fingerprint density at radius 1 is 1.16 bits per heavy atom. The van der Waals surface area contributed by atoms with Crippen LogP contribution in [-0.2, 0) is 6.61 Å². The first kappa shape index (κ1) is 13.0. The van der Waals surface area contributed by atoms with E-state index in [2.05, 4.69) is 30.0 Å². The molecule has 0 aromatic heterocycles. The summed E-state index contributed by atoms with van der Waals surface area (Å²) in [6, 6.07) is 7.33. The van der Waals surface area contributed by atoms with Gasteiger partial charge in [0, 0.05) is 18.3 Å². The fourth-order valence-corrected chi connectivity index (χ4v) is 3.98. The molecule has 1 aromatic rings. The first-order chi connectivity index (χ1) is 9.29. The van der Waals surface area contributed by atoms with Crippen molar-refractivity contribution < 1.29 is 5.11 Å². The summed E-state index contributed by atoms with van der Waals surface area (Å²) in [7, 11) is 0. The monoisotopic (exact) mass is 259 g/mol. The molecule has 1 aromatic carbocycles. The number of piperidine rings is 1. The smallest absolute Gasteiger partial charge is 0.0684 e. The lowest BCUT2D eigenvalue weighted by molar-refractivity contribution is 0.243. The van der Waals surface area contributed by atoms with Crippen LogP contribution in [0.5, 0.6) is 0 Å². The van der Waals surface area contributed by atoms with E-state index in [0.717, 1.165) is 17.5 Å². The molecule has 2 nitrogen and oxygen atoms in total. The fourth-order valence-electron chi connectivity index (χ4n) is 3.98. The first-order valence-electron chi connectivity index (χ1n) is 7.76. The summed E-state index contributed by atoms with van der Waals surface area (Å²) >= 11 is 0. The van der Waals surface area contributed by atoms with Crippen LogP contribution in [0.1, 0.15) is 49.7 Å². The molecule has 104 valence electrons. The zero-order valence-corrected chi connectivity index (χ0v) is 11.9. The second kappa shape index (κ2) is 5.54. The topological polar surface area (TPSA) is 23.5 Å². The van der Waals surface area contributed by atoms with Crippen molar-refractivity contribution in [3.63, 3.8) is 0 Å². The summed E-state index contributed by atoms with van der Waals surface area (Å²) in [6.45, 7) is 3.47. The van der Waals surface area contributed by atoms with Crippen LogP contribution in [0.15, 0.2) is 18.2 Å². The largest absolute Gasteiger partial charge is 0.392 e. The van der Waals surface area contributed by atoms with E-state index in [4.69, 9.17) is 0 Å². The van der Waals surface area contributed by atoms with E-state index in [1.54, 1.807) is 0 Å². The molecular formula is C17H25NO. The van der Waals surface area contributed by atoms with E-state index < -0.39 is 0 Å². The minimum Gasteiger partial charge on any atom is -0.392 e. The summed E-state index contributed by atoms with van der Waals surface area (Å²) in [4.78, 5) is 2.64. The highest BCUT2D eigenvalue weighted by Gasteiger charge is 2.33.